The molecule has 19 heavy (non-hydrogen) atoms. The Kier molecular flexibility index (Phi) is 6.02. The average molecular weight is 263 g/mol. The van der Waals surface area contributed by atoms with Gasteiger partial charge in [-0.05, 0) is 11.5 Å². The summed E-state index contributed by atoms with van der Waals surface area (Å²) in [5.41, 5.74) is 6.68. The Labute approximate surface area is 113 Å². The minimum atomic E-state index is -0.582. The van der Waals surface area contributed by atoms with Gasteiger partial charge in [0.1, 0.15) is 0 Å². The van der Waals surface area contributed by atoms with E-state index in [0.717, 1.165) is 5.56 Å². The summed E-state index contributed by atoms with van der Waals surface area (Å²) in [4.78, 5) is 23.1. The van der Waals surface area contributed by atoms with Crippen molar-refractivity contribution in [1.29, 1.82) is 0 Å². The van der Waals surface area contributed by atoms with E-state index in [-0.39, 0.29) is 24.3 Å². The third-order valence-corrected chi connectivity index (χ3v) is 2.78. The van der Waals surface area contributed by atoms with E-state index in [1.165, 1.54) is 0 Å². The van der Waals surface area contributed by atoms with E-state index in [4.69, 9.17) is 5.73 Å². The average Bonchev–Trinajstić information content (AvgIpc) is 2.42. The van der Waals surface area contributed by atoms with Gasteiger partial charge in [-0.3, -0.25) is 9.59 Å². The van der Waals surface area contributed by atoms with Crippen molar-refractivity contribution in [2.75, 3.05) is 6.54 Å². The van der Waals surface area contributed by atoms with Crippen LogP contribution in [0.15, 0.2) is 30.3 Å². The van der Waals surface area contributed by atoms with E-state index in [2.05, 4.69) is 10.6 Å². The lowest BCUT2D eigenvalue weighted by atomic mass is 10.1. The highest BCUT2D eigenvalue weighted by atomic mass is 16.2. The van der Waals surface area contributed by atoms with Gasteiger partial charge in [0, 0.05) is 6.54 Å². The van der Waals surface area contributed by atoms with Crippen LogP contribution in [-0.2, 0) is 16.1 Å². The number of nitrogens with one attached hydrogen (secondary N) is 2. The van der Waals surface area contributed by atoms with Crippen molar-refractivity contribution in [2.45, 2.75) is 26.4 Å². The molecule has 0 fully saturated rings. The van der Waals surface area contributed by atoms with E-state index in [1.807, 2.05) is 44.2 Å². The summed E-state index contributed by atoms with van der Waals surface area (Å²) < 4.78 is 0. The molecule has 1 atom stereocenters. The molecule has 1 aromatic carbocycles. The second kappa shape index (κ2) is 7.53. The minimum absolute atomic E-state index is 0.0485. The summed E-state index contributed by atoms with van der Waals surface area (Å²) in [5, 5.41) is 5.25. The molecule has 0 heterocycles. The SMILES string of the molecule is CC(C)[C@@H](N)C(=O)NCC(=O)NCc1ccccc1. The van der Waals surface area contributed by atoms with Crippen molar-refractivity contribution >= 4 is 11.8 Å². The van der Waals surface area contributed by atoms with Gasteiger partial charge in [-0.1, -0.05) is 44.2 Å². The zero-order chi connectivity index (χ0) is 14.3. The molecule has 2 amide bonds. The molecule has 1 rings (SSSR count). The third kappa shape index (κ3) is 5.52. The van der Waals surface area contributed by atoms with Gasteiger partial charge in [-0.15, -0.1) is 0 Å². The van der Waals surface area contributed by atoms with Gasteiger partial charge < -0.3 is 16.4 Å². The van der Waals surface area contributed by atoms with Crippen LogP contribution >= 0.6 is 0 Å². The number of rotatable bonds is 6. The van der Waals surface area contributed by atoms with Crippen LogP contribution in [0.3, 0.4) is 0 Å². The first-order valence-electron chi connectivity index (χ1n) is 6.34. The summed E-state index contributed by atoms with van der Waals surface area (Å²) in [5.74, 6) is -0.481. The monoisotopic (exact) mass is 263 g/mol. The van der Waals surface area contributed by atoms with Crippen LogP contribution in [0.2, 0.25) is 0 Å². The first-order chi connectivity index (χ1) is 9.00. The molecule has 0 aliphatic heterocycles. The van der Waals surface area contributed by atoms with Crippen LogP contribution in [0.1, 0.15) is 19.4 Å². The van der Waals surface area contributed by atoms with Crippen LogP contribution in [0.4, 0.5) is 0 Å². The van der Waals surface area contributed by atoms with Crippen LogP contribution in [0.25, 0.3) is 0 Å². The lowest BCUT2D eigenvalue weighted by Gasteiger charge is -2.15. The van der Waals surface area contributed by atoms with Gasteiger partial charge in [0.05, 0.1) is 12.6 Å². The van der Waals surface area contributed by atoms with Gasteiger partial charge >= 0.3 is 0 Å². The highest BCUT2D eigenvalue weighted by Crippen LogP contribution is 1.98. The second-order valence-electron chi connectivity index (χ2n) is 4.75. The van der Waals surface area contributed by atoms with Crippen molar-refractivity contribution in [3.8, 4) is 0 Å². The highest BCUT2D eigenvalue weighted by Gasteiger charge is 2.17. The topological polar surface area (TPSA) is 84.2 Å². The lowest BCUT2D eigenvalue weighted by Crippen LogP contribution is -2.47. The Morgan fingerprint density at radius 2 is 1.79 bits per heavy atom. The van der Waals surface area contributed by atoms with E-state index in [9.17, 15) is 9.59 Å². The van der Waals surface area contributed by atoms with Gasteiger partial charge in [0.25, 0.3) is 0 Å². The first kappa shape index (κ1) is 15.2. The Hall–Kier alpha value is -1.88. The molecule has 0 aliphatic carbocycles. The quantitative estimate of drug-likeness (QED) is 0.694. The maximum atomic E-state index is 11.5. The Morgan fingerprint density at radius 3 is 2.37 bits per heavy atom. The molecule has 0 unspecified atom stereocenters. The Morgan fingerprint density at radius 1 is 1.16 bits per heavy atom. The smallest absolute Gasteiger partial charge is 0.239 e. The fraction of sp³-hybridized carbons (Fsp3) is 0.429. The summed E-state index contributed by atoms with van der Waals surface area (Å²) in [6.07, 6.45) is 0. The molecule has 0 saturated carbocycles. The minimum Gasteiger partial charge on any atom is -0.350 e. The predicted octanol–water partition coefficient (Wildman–Crippen LogP) is 0.402. The van der Waals surface area contributed by atoms with Crippen LogP contribution in [0, 0.1) is 5.92 Å². The van der Waals surface area contributed by atoms with Gasteiger partial charge in [0.15, 0.2) is 0 Å². The van der Waals surface area contributed by atoms with E-state index < -0.39 is 6.04 Å². The molecule has 0 radical (unpaired) electrons. The number of carbonyl (C=O) groups is 2. The highest BCUT2D eigenvalue weighted by molar-refractivity contribution is 5.87. The Balaban J connectivity index is 2.27. The predicted molar refractivity (Wildman–Crippen MR) is 74.1 cm³/mol. The van der Waals surface area contributed by atoms with Crippen molar-refractivity contribution in [3.05, 3.63) is 35.9 Å². The van der Waals surface area contributed by atoms with Gasteiger partial charge in [-0.25, -0.2) is 0 Å². The number of carbonyl (C=O) groups excluding carboxylic acids is 2. The van der Waals surface area contributed by atoms with E-state index in [0.29, 0.717) is 6.54 Å². The molecule has 0 spiro atoms. The van der Waals surface area contributed by atoms with Gasteiger partial charge in [0.2, 0.25) is 11.8 Å². The molecule has 104 valence electrons. The van der Waals surface area contributed by atoms with Crippen LogP contribution in [-0.4, -0.2) is 24.4 Å². The summed E-state index contributed by atoms with van der Waals surface area (Å²) in [7, 11) is 0. The third-order valence-electron chi connectivity index (χ3n) is 2.78. The van der Waals surface area contributed by atoms with Gasteiger partial charge in [-0.2, -0.15) is 0 Å². The molecular formula is C14H21N3O2. The van der Waals surface area contributed by atoms with E-state index >= 15 is 0 Å². The van der Waals surface area contributed by atoms with Crippen LogP contribution in [0.5, 0.6) is 0 Å². The number of amides is 2. The molecular weight excluding hydrogens is 242 g/mol. The molecule has 5 heteroatoms. The molecule has 5 nitrogen and oxygen atoms in total. The van der Waals surface area contributed by atoms with E-state index in [1.54, 1.807) is 0 Å². The fourth-order valence-corrected chi connectivity index (χ4v) is 1.45. The normalized spacial score (nSPS) is 12.0. The molecule has 0 saturated heterocycles. The van der Waals surface area contributed by atoms with Crippen molar-refractivity contribution in [3.63, 3.8) is 0 Å². The summed E-state index contributed by atoms with van der Waals surface area (Å²) in [6, 6.07) is 9.00. The largest absolute Gasteiger partial charge is 0.350 e. The number of nitrogens with two attached hydrogens (primary N) is 1. The zero-order valence-corrected chi connectivity index (χ0v) is 11.3. The molecule has 1 aromatic rings. The molecule has 0 bridgehead atoms. The van der Waals surface area contributed by atoms with Crippen molar-refractivity contribution in [2.24, 2.45) is 11.7 Å². The number of benzene rings is 1. The number of hydrogen-bond donors (Lipinski definition) is 3. The second-order valence-corrected chi connectivity index (χ2v) is 4.75. The van der Waals surface area contributed by atoms with Crippen molar-refractivity contribution < 1.29 is 9.59 Å². The Bertz CT molecular complexity index is 418. The molecule has 0 aliphatic rings. The fourth-order valence-electron chi connectivity index (χ4n) is 1.45. The maximum Gasteiger partial charge on any atom is 0.239 e. The number of hydrogen-bond acceptors (Lipinski definition) is 3. The van der Waals surface area contributed by atoms with Crippen LogP contribution < -0.4 is 16.4 Å². The summed E-state index contributed by atoms with van der Waals surface area (Å²) in [6.45, 7) is 4.12. The standard InChI is InChI=1S/C14H21N3O2/c1-10(2)13(15)14(19)17-9-12(18)16-8-11-6-4-3-5-7-11/h3-7,10,13H,8-9,15H2,1-2H3,(H,16,18)(H,17,19)/t13-/m1/s1. The first-order valence-corrected chi connectivity index (χ1v) is 6.34. The summed E-state index contributed by atoms with van der Waals surface area (Å²) >= 11 is 0. The lowest BCUT2D eigenvalue weighted by molar-refractivity contribution is -0.127. The molecule has 4 N–H and O–H groups in total. The zero-order valence-electron chi connectivity index (χ0n) is 11.3. The maximum absolute atomic E-state index is 11.5. The molecule has 0 aromatic heterocycles. The van der Waals surface area contributed by atoms with Crippen molar-refractivity contribution in [1.82, 2.24) is 10.6 Å².